The molecule has 28 heavy (non-hydrogen) atoms. The fourth-order valence-corrected chi connectivity index (χ4v) is 4.21. The molecule has 0 amide bonds. The predicted molar refractivity (Wildman–Crippen MR) is 118 cm³/mol. The van der Waals surface area contributed by atoms with Crippen LogP contribution in [-0.4, -0.2) is 5.78 Å². The van der Waals surface area contributed by atoms with E-state index in [4.69, 9.17) is 0 Å². The van der Waals surface area contributed by atoms with Crippen molar-refractivity contribution in [1.29, 1.82) is 0 Å². The van der Waals surface area contributed by atoms with Crippen LogP contribution in [0.1, 0.15) is 65.7 Å². The molecule has 3 aromatic carbocycles. The number of benzene rings is 3. The maximum absolute atomic E-state index is 13.4. The molecule has 140 valence electrons. The van der Waals surface area contributed by atoms with Crippen molar-refractivity contribution >= 4 is 17.4 Å². The van der Waals surface area contributed by atoms with Gasteiger partial charge in [0.2, 0.25) is 0 Å². The number of hydrogen-bond donors (Lipinski definition) is 0. The molecule has 1 heteroatoms. The fourth-order valence-electron chi connectivity index (χ4n) is 4.21. The molecule has 0 saturated heterocycles. The molecule has 3 aromatic rings. The van der Waals surface area contributed by atoms with Gasteiger partial charge in [0.15, 0.2) is 5.78 Å². The molecule has 1 aliphatic rings. The molecule has 1 atom stereocenters. The molecule has 0 radical (unpaired) electrons. The first-order valence-electron chi connectivity index (χ1n) is 9.94. The highest BCUT2D eigenvalue weighted by Crippen LogP contribution is 2.44. The molecule has 0 fully saturated rings. The Morgan fingerprint density at radius 2 is 1.46 bits per heavy atom. The lowest BCUT2D eigenvalue weighted by molar-refractivity contribution is 0.0977. The van der Waals surface area contributed by atoms with Crippen LogP contribution in [0.15, 0.2) is 78.9 Å². The van der Waals surface area contributed by atoms with E-state index in [9.17, 15) is 4.79 Å². The summed E-state index contributed by atoms with van der Waals surface area (Å²) in [5.41, 5.74) is 6.83. The Hall–Kier alpha value is -2.93. The van der Waals surface area contributed by atoms with Gasteiger partial charge in [0.25, 0.3) is 0 Å². The predicted octanol–water partition coefficient (Wildman–Crippen LogP) is 6.89. The van der Waals surface area contributed by atoms with Crippen molar-refractivity contribution < 1.29 is 4.79 Å². The minimum absolute atomic E-state index is 0.0576. The van der Waals surface area contributed by atoms with Gasteiger partial charge in [-0.1, -0.05) is 106 Å². The van der Waals surface area contributed by atoms with Crippen LogP contribution in [0.3, 0.4) is 0 Å². The molecule has 0 bridgehead atoms. The maximum Gasteiger partial charge on any atom is 0.164 e. The van der Waals surface area contributed by atoms with E-state index in [1.165, 1.54) is 22.3 Å². The average molecular weight is 367 g/mol. The lowest BCUT2D eigenvalue weighted by atomic mass is 9.80. The molecular formula is C27H26O. The first kappa shape index (κ1) is 18.4. The van der Waals surface area contributed by atoms with Gasteiger partial charge in [0.1, 0.15) is 0 Å². The van der Waals surface area contributed by atoms with Crippen LogP contribution < -0.4 is 0 Å². The molecular weight excluding hydrogens is 340 g/mol. The van der Waals surface area contributed by atoms with Crippen molar-refractivity contribution in [3.8, 4) is 0 Å². The van der Waals surface area contributed by atoms with E-state index in [0.29, 0.717) is 6.42 Å². The molecule has 0 aliphatic heterocycles. The number of Topliss-reactive ketones (excluding diaryl/α,β-unsaturated/α-hetero) is 1. The van der Waals surface area contributed by atoms with Gasteiger partial charge in [0.05, 0.1) is 0 Å². The molecule has 0 heterocycles. The lowest BCUT2D eigenvalue weighted by Gasteiger charge is -2.23. The third-order valence-corrected chi connectivity index (χ3v) is 5.59. The Kier molecular flexibility index (Phi) is 4.77. The Bertz CT molecular complexity index is 1040. The van der Waals surface area contributed by atoms with Crippen LogP contribution in [0.25, 0.3) is 11.6 Å². The number of ketones is 1. The summed E-state index contributed by atoms with van der Waals surface area (Å²) in [6, 6.07) is 26.9. The van der Waals surface area contributed by atoms with Crippen molar-refractivity contribution in [3.05, 3.63) is 107 Å². The van der Waals surface area contributed by atoms with Crippen molar-refractivity contribution in [2.24, 2.45) is 0 Å². The molecule has 4 rings (SSSR count). The van der Waals surface area contributed by atoms with E-state index in [0.717, 1.165) is 11.1 Å². The SMILES string of the molecule is CC(C)(C)c1ccccc1C(=O)CC1C(c2ccccc2)=Cc2ccccc21. The van der Waals surface area contributed by atoms with E-state index < -0.39 is 0 Å². The topological polar surface area (TPSA) is 17.1 Å². The summed E-state index contributed by atoms with van der Waals surface area (Å²) in [5.74, 6) is 0.313. The summed E-state index contributed by atoms with van der Waals surface area (Å²) >= 11 is 0. The normalized spacial score (nSPS) is 15.8. The summed E-state index contributed by atoms with van der Waals surface area (Å²) in [4.78, 5) is 13.4. The van der Waals surface area contributed by atoms with Crippen LogP contribution >= 0.6 is 0 Å². The summed E-state index contributed by atoms with van der Waals surface area (Å²) in [6.07, 6.45) is 2.74. The summed E-state index contributed by atoms with van der Waals surface area (Å²) < 4.78 is 0. The number of fused-ring (bicyclic) bond motifs is 1. The van der Waals surface area contributed by atoms with Gasteiger partial charge in [-0.3, -0.25) is 4.79 Å². The zero-order valence-electron chi connectivity index (χ0n) is 16.8. The minimum atomic E-state index is -0.0576. The molecule has 0 saturated carbocycles. The van der Waals surface area contributed by atoms with E-state index in [1.807, 2.05) is 24.3 Å². The Labute approximate surface area is 167 Å². The van der Waals surface area contributed by atoms with Crippen molar-refractivity contribution in [3.63, 3.8) is 0 Å². The maximum atomic E-state index is 13.4. The van der Waals surface area contributed by atoms with Crippen LogP contribution in [0.5, 0.6) is 0 Å². The second kappa shape index (κ2) is 7.24. The van der Waals surface area contributed by atoms with Crippen molar-refractivity contribution in [2.75, 3.05) is 0 Å². The quantitative estimate of drug-likeness (QED) is 0.459. The Morgan fingerprint density at radius 1 is 0.821 bits per heavy atom. The molecule has 0 N–H and O–H groups in total. The largest absolute Gasteiger partial charge is 0.294 e. The van der Waals surface area contributed by atoms with E-state index in [2.05, 4.69) is 81.4 Å². The third-order valence-electron chi connectivity index (χ3n) is 5.59. The molecule has 1 aliphatic carbocycles. The van der Waals surface area contributed by atoms with Gasteiger partial charge in [-0.15, -0.1) is 0 Å². The fraction of sp³-hybridized carbons (Fsp3) is 0.222. The van der Waals surface area contributed by atoms with Gasteiger partial charge in [-0.25, -0.2) is 0 Å². The number of carbonyl (C=O) groups is 1. The smallest absolute Gasteiger partial charge is 0.164 e. The van der Waals surface area contributed by atoms with Gasteiger partial charge >= 0.3 is 0 Å². The van der Waals surface area contributed by atoms with Crippen molar-refractivity contribution in [2.45, 2.75) is 38.5 Å². The summed E-state index contributed by atoms with van der Waals surface area (Å²) in [7, 11) is 0. The highest BCUT2D eigenvalue weighted by Gasteiger charge is 2.30. The molecule has 1 unspecified atom stereocenters. The van der Waals surface area contributed by atoms with Crippen LogP contribution in [0, 0.1) is 0 Å². The summed E-state index contributed by atoms with van der Waals surface area (Å²) in [5, 5.41) is 0. The molecule has 1 nitrogen and oxygen atoms in total. The zero-order chi connectivity index (χ0) is 19.7. The molecule has 0 aromatic heterocycles. The first-order valence-corrected chi connectivity index (χ1v) is 9.94. The van der Waals surface area contributed by atoms with Gasteiger partial charge in [-0.05, 0) is 33.2 Å². The highest BCUT2D eigenvalue weighted by atomic mass is 16.1. The third kappa shape index (κ3) is 3.45. The lowest BCUT2D eigenvalue weighted by Crippen LogP contribution is -2.18. The Morgan fingerprint density at radius 3 is 2.21 bits per heavy atom. The second-order valence-electron chi connectivity index (χ2n) is 8.57. The number of rotatable bonds is 4. The number of carbonyl (C=O) groups excluding carboxylic acids is 1. The summed E-state index contributed by atoms with van der Waals surface area (Å²) in [6.45, 7) is 6.50. The van der Waals surface area contributed by atoms with Crippen molar-refractivity contribution in [1.82, 2.24) is 0 Å². The second-order valence-corrected chi connectivity index (χ2v) is 8.57. The van der Waals surface area contributed by atoms with Gasteiger partial charge < -0.3 is 0 Å². The zero-order valence-corrected chi connectivity index (χ0v) is 16.8. The van der Waals surface area contributed by atoms with E-state index in [1.54, 1.807) is 0 Å². The Balaban J connectivity index is 1.72. The average Bonchev–Trinajstić information content (AvgIpc) is 3.06. The first-order chi connectivity index (χ1) is 13.4. The standard InChI is InChI=1S/C27H26O/c1-27(2,3)25-16-10-9-15-22(25)26(28)18-24-21-14-8-7-13-20(21)17-23(24)19-11-5-4-6-12-19/h4-17,24H,18H2,1-3H3. The van der Waals surface area contributed by atoms with Gasteiger partial charge in [0, 0.05) is 17.9 Å². The van der Waals surface area contributed by atoms with E-state index >= 15 is 0 Å². The monoisotopic (exact) mass is 366 g/mol. The number of allylic oxidation sites excluding steroid dienone is 1. The highest BCUT2D eigenvalue weighted by molar-refractivity contribution is 6.02. The number of hydrogen-bond acceptors (Lipinski definition) is 1. The van der Waals surface area contributed by atoms with Crippen LogP contribution in [-0.2, 0) is 5.41 Å². The minimum Gasteiger partial charge on any atom is -0.294 e. The van der Waals surface area contributed by atoms with Gasteiger partial charge in [-0.2, -0.15) is 0 Å². The van der Waals surface area contributed by atoms with Crippen LogP contribution in [0.2, 0.25) is 0 Å². The van der Waals surface area contributed by atoms with E-state index in [-0.39, 0.29) is 17.1 Å². The van der Waals surface area contributed by atoms with Crippen LogP contribution in [0.4, 0.5) is 0 Å². The molecule has 0 spiro atoms.